The quantitative estimate of drug-likeness (QED) is 0.426. The Bertz CT molecular complexity index is 221. The Morgan fingerprint density at radius 2 is 2.00 bits per heavy atom. The second kappa shape index (κ2) is 8.96. The van der Waals surface area contributed by atoms with Crippen molar-refractivity contribution in [3.05, 3.63) is 0 Å². The summed E-state index contributed by atoms with van der Waals surface area (Å²) in [4.78, 5) is 22.2. The predicted octanol–water partition coefficient (Wildman–Crippen LogP) is 0.00970. The fourth-order valence-corrected chi connectivity index (χ4v) is 1.10. The van der Waals surface area contributed by atoms with Gasteiger partial charge in [-0.05, 0) is 26.2 Å². The van der Waals surface area contributed by atoms with Crippen LogP contribution >= 0.6 is 0 Å². The van der Waals surface area contributed by atoms with Gasteiger partial charge in [0.15, 0.2) is 0 Å². The maximum absolute atomic E-state index is 11.2. The minimum absolute atomic E-state index is 0.172. The van der Waals surface area contributed by atoms with Crippen LogP contribution in [0.15, 0.2) is 0 Å². The first-order valence-corrected chi connectivity index (χ1v) is 5.35. The summed E-state index contributed by atoms with van der Waals surface area (Å²) in [5.74, 6) is -0.476. The number of carbonyl (C=O) groups excluding carboxylic acids is 2. The minimum atomic E-state index is -0.651. The number of carbonyl (C=O) groups is 2. The Hall–Kier alpha value is -1.30. The molecule has 0 spiro atoms. The summed E-state index contributed by atoms with van der Waals surface area (Å²) in [6, 6.07) is -1.04. The van der Waals surface area contributed by atoms with Crippen LogP contribution in [-0.2, 0) is 9.53 Å². The van der Waals surface area contributed by atoms with Crippen molar-refractivity contribution in [3.63, 3.8) is 0 Å². The molecule has 2 amide bonds. The second-order valence-corrected chi connectivity index (χ2v) is 3.43. The number of aliphatic hydroxyl groups is 1. The van der Waals surface area contributed by atoms with Crippen LogP contribution in [0.1, 0.15) is 26.2 Å². The third-order valence-corrected chi connectivity index (χ3v) is 2.02. The average molecular weight is 232 g/mol. The average Bonchev–Trinajstić information content (AvgIpc) is 2.27. The van der Waals surface area contributed by atoms with E-state index in [0.29, 0.717) is 6.54 Å². The maximum Gasteiger partial charge on any atom is 0.328 e. The lowest BCUT2D eigenvalue weighted by atomic mass is 10.2. The van der Waals surface area contributed by atoms with Crippen LogP contribution < -0.4 is 10.6 Å². The number of nitrogens with one attached hydrogen (secondary N) is 2. The number of hydrogen-bond donors (Lipinski definition) is 3. The van der Waals surface area contributed by atoms with E-state index in [1.807, 2.05) is 0 Å². The maximum atomic E-state index is 11.2. The van der Waals surface area contributed by atoms with Crippen molar-refractivity contribution in [1.82, 2.24) is 10.6 Å². The molecule has 0 aliphatic carbocycles. The zero-order chi connectivity index (χ0) is 12.4. The molecule has 94 valence electrons. The molecule has 6 heteroatoms. The highest BCUT2D eigenvalue weighted by Gasteiger charge is 2.14. The molecule has 0 aromatic heterocycles. The number of amides is 2. The Morgan fingerprint density at radius 3 is 2.56 bits per heavy atom. The fourth-order valence-electron chi connectivity index (χ4n) is 1.10. The lowest BCUT2D eigenvalue weighted by molar-refractivity contribution is -0.142. The molecule has 0 saturated heterocycles. The van der Waals surface area contributed by atoms with Crippen LogP contribution in [0.3, 0.4) is 0 Å². The van der Waals surface area contributed by atoms with Crippen molar-refractivity contribution in [2.45, 2.75) is 32.2 Å². The summed E-state index contributed by atoms with van der Waals surface area (Å²) >= 11 is 0. The summed E-state index contributed by atoms with van der Waals surface area (Å²) in [7, 11) is 1.27. The molecule has 0 aliphatic heterocycles. The Morgan fingerprint density at radius 1 is 1.31 bits per heavy atom. The number of esters is 1. The van der Waals surface area contributed by atoms with Gasteiger partial charge in [0.1, 0.15) is 6.04 Å². The first-order chi connectivity index (χ1) is 7.61. The summed E-state index contributed by atoms with van der Waals surface area (Å²) in [5.41, 5.74) is 0. The molecule has 3 N–H and O–H groups in total. The number of aliphatic hydroxyl groups excluding tert-OH is 1. The number of urea groups is 1. The van der Waals surface area contributed by atoms with E-state index in [2.05, 4.69) is 15.4 Å². The molecular weight excluding hydrogens is 212 g/mol. The topological polar surface area (TPSA) is 87.7 Å². The van der Waals surface area contributed by atoms with E-state index in [1.165, 1.54) is 7.11 Å². The Labute approximate surface area is 95.4 Å². The van der Waals surface area contributed by atoms with Crippen molar-refractivity contribution in [2.24, 2.45) is 0 Å². The van der Waals surface area contributed by atoms with Gasteiger partial charge in [0, 0.05) is 13.2 Å². The molecule has 0 aliphatic rings. The molecule has 0 unspecified atom stereocenters. The molecule has 0 saturated carbocycles. The van der Waals surface area contributed by atoms with Crippen molar-refractivity contribution in [1.29, 1.82) is 0 Å². The van der Waals surface area contributed by atoms with Crippen LogP contribution in [-0.4, -0.2) is 43.4 Å². The lowest BCUT2D eigenvalue weighted by Crippen LogP contribution is -2.45. The van der Waals surface area contributed by atoms with Gasteiger partial charge in [-0.3, -0.25) is 0 Å². The Kier molecular flexibility index (Phi) is 8.24. The normalized spacial score (nSPS) is 11.7. The highest BCUT2D eigenvalue weighted by Crippen LogP contribution is 1.92. The van der Waals surface area contributed by atoms with Gasteiger partial charge in [0.2, 0.25) is 0 Å². The van der Waals surface area contributed by atoms with Gasteiger partial charge in [-0.2, -0.15) is 0 Å². The van der Waals surface area contributed by atoms with E-state index in [4.69, 9.17) is 5.11 Å². The van der Waals surface area contributed by atoms with E-state index in [-0.39, 0.29) is 12.6 Å². The van der Waals surface area contributed by atoms with E-state index < -0.39 is 12.0 Å². The third kappa shape index (κ3) is 7.05. The second-order valence-electron chi connectivity index (χ2n) is 3.43. The zero-order valence-electron chi connectivity index (χ0n) is 9.78. The molecule has 6 nitrogen and oxygen atoms in total. The van der Waals surface area contributed by atoms with Gasteiger partial charge < -0.3 is 20.5 Å². The van der Waals surface area contributed by atoms with Crippen molar-refractivity contribution in [2.75, 3.05) is 20.3 Å². The summed E-state index contributed by atoms with van der Waals surface area (Å²) in [6.45, 7) is 2.25. The summed E-state index contributed by atoms with van der Waals surface area (Å²) < 4.78 is 4.46. The molecular formula is C10H20N2O4. The van der Waals surface area contributed by atoms with Crippen LogP contribution in [0.2, 0.25) is 0 Å². The van der Waals surface area contributed by atoms with Crippen molar-refractivity contribution < 1.29 is 19.4 Å². The largest absolute Gasteiger partial charge is 0.467 e. The van der Waals surface area contributed by atoms with Gasteiger partial charge in [-0.15, -0.1) is 0 Å². The highest BCUT2D eigenvalue weighted by atomic mass is 16.5. The standard InChI is InChI=1S/C10H20N2O4/c1-8(9(14)16-2)12-10(15)11-6-4-3-5-7-13/h8,13H,3-7H2,1-2H3,(H2,11,12,15)/t8-/m1/s1. The van der Waals surface area contributed by atoms with Gasteiger partial charge in [0.05, 0.1) is 7.11 Å². The highest BCUT2D eigenvalue weighted by molar-refractivity contribution is 5.83. The molecule has 1 atom stereocenters. The minimum Gasteiger partial charge on any atom is -0.467 e. The van der Waals surface area contributed by atoms with Crippen LogP contribution in [0.5, 0.6) is 0 Å². The number of methoxy groups -OCH3 is 1. The first-order valence-electron chi connectivity index (χ1n) is 5.35. The number of hydrogen-bond acceptors (Lipinski definition) is 4. The number of rotatable bonds is 7. The number of unbranched alkanes of at least 4 members (excludes halogenated alkanes) is 2. The molecule has 0 fully saturated rings. The molecule has 0 radical (unpaired) electrons. The molecule has 0 bridgehead atoms. The summed E-state index contributed by atoms with van der Waals surface area (Å²) in [6.07, 6.45) is 2.41. The van der Waals surface area contributed by atoms with Crippen LogP contribution in [0.4, 0.5) is 4.79 Å². The monoisotopic (exact) mass is 232 g/mol. The van der Waals surface area contributed by atoms with E-state index in [1.54, 1.807) is 6.92 Å². The fraction of sp³-hybridized carbons (Fsp3) is 0.800. The lowest BCUT2D eigenvalue weighted by Gasteiger charge is -2.12. The Balaban J connectivity index is 3.54. The van der Waals surface area contributed by atoms with Crippen LogP contribution in [0, 0.1) is 0 Å². The third-order valence-electron chi connectivity index (χ3n) is 2.02. The van der Waals surface area contributed by atoms with Gasteiger partial charge in [-0.1, -0.05) is 0 Å². The SMILES string of the molecule is COC(=O)[C@@H](C)NC(=O)NCCCCCO. The van der Waals surface area contributed by atoms with E-state index >= 15 is 0 Å². The van der Waals surface area contributed by atoms with E-state index in [0.717, 1.165) is 19.3 Å². The van der Waals surface area contributed by atoms with E-state index in [9.17, 15) is 9.59 Å². The van der Waals surface area contributed by atoms with Gasteiger partial charge in [0.25, 0.3) is 0 Å². The smallest absolute Gasteiger partial charge is 0.328 e. The first kappa shape index (κ1) is 14.7. The van der Waals surface area contributed by atoms with Gasteiger partial charge >= 0.3 is 12.0 Å². The summed E-state index contributed by atoms with van der Waals surface area (Å²) in [5, 5.41) is 13.6. The van der Waals surface area contributed by atoms with Crippen molar-refractivity contribution in [3.8, 4) is 0 Å². The zero-order valence-corrected chi connectivity index (χ0v) is 9.78. The molecule has 0 aromatic rings. The molecule has 0 aromatic carbocycles. The molecule has 0 heterocycles. The van der Waals surface area contributed by atoms with Crippen molar-refractivity contribution >= 4 is 12.0 Å². The molecule has 0 rings (SSSR count). The molecule has 16 heavy (non-hydrogen) atoms. The predicted molar refractivity (Wildman–Crippen MR) is 58.9 cm³/mol. The number of ether oxygens (including phenoxy) is 1. The van der Waals surface area contributed by atoms with Gasteiger partial charge in [-0.25, -0.2) is 9.59 Å². The van der Waals surface area contributed by atoms with Crippen LogP contribution in [0.25, 0.3) is 0 Å².